The van der Waals surface area contributed by atoms with E-state index in [0.717, 1.165) is 55.2 Å². The summed E-state index contributed by atoms with van der Waals surface area (Å²) < 4.78 is 11.4. The standard InChI is InChI=1S/C19H24N4O2/c1-13(2)10-17-21-18(25-22-17)12-23-9-5-6-14(11-23)19-20-15-7-3-4-8-16(15)24-19/h3-4,7-8,13-14H,5-6,9-12H2,1-2H3/t14-/m0/s1. The van der Waals surface area contributed by atoms with Crippen LogP contribution in [0, 0.1) is 5.92 Å². The van der Waals surface area contributed by atoms with Gasteiger partial charge in [-0.1, -0.05) is 31.1 Å². The second kappa shape index (κ2) is 6.96. The molecule has 1 atom stereocenters. The molecule has 2 aromatic heterocycles. The van der Waals surface area contributed by atoms with Crippen molar-refractivity contribution in [1.82, 2.24) is 20.0 Å². The van der Waals surface area contributed by atoms with Crippen LogP contribution in [0.25, 0.3) is 11.1 Å². The number of rotatable bonds is 5. The van der Waals surface area contributed by atoms with Crippen LogP contribution in [0.4, 0.5) is 0 Å². The largest absolute Gasteiger partial charge is 0.440 e. The number of hydrogen-bond acceptors (Lipinski definition) is 6. The highest BCUT2D eigenvalue weighted by Crippen LogP contribution is 2.29. The summed E-state index contributed by atoms with van der Waals surface area (Å²) in [7, 11) is 0. The van der Waals surface area contributed by atoms with Crippen molar-refractivity contribution in [1.29, 1.82) is 0 Å². The van der Waals surface area contributed by atoms with Gasteiger partial charge >= 0.3 is 0 Å². The molecule has 4 rings (SSSR count). The lowest BCUT2D eigenvalue weighted by Gasteiger charge is -2.29. The number of likely N-dealkylation sites (tertiary alicyclic amines) is 1. The average Bonchev–Trinajstić information content (AvgIpc) is 3.21. The van der Waals surface area contributed by atoms with E-state index in [1.54, 1.807) is 0 Å². The van der Waals surface area contributed by atoms with E-state index in [9.17, 15) is 0 Å². The topological polar surface area (TPSA) is 68.2 Å². The quantitative estimate of drug-likeness (QED) is 0.704. The zero-order valence-corrected chi connectivity index (χ0v) is 14.8. The summed E-state index contributed by atoms with van der Waals surface area (Å²) >= 11 is 0. The van der Waals surface area contributed by atoms with Crippen LogP contribution in [0.3, 0.4) is 0 Å². The molecule has 0 radical (unpaired) electrons. The highest BCUT2D eigenvalue weighted by Gasteiger charge is 2.26. The van der Waals surface area contributed by atoms with Crippen molar-refractivity contribution in [2.45, 2.75) is 45.6 Å². The van der Waals surface area contributed by atoms with Gasteiger partial charge in [-0.05, 0) is 37.4 Å². The summed E-state index contributed by atoms with van der Waals surface area (Å²) in [5, 5.41) is 4.08. The third kappa shape index (κ3) is 3.74. The Labute approximate surface area is 147 Å². The van der Waals surface area contributed by atoms with Crippen LogP contribution in [0.1, 0.15) is 50.2 Å². The summed E-state index contributed by atoms with van der Waals surface area (Å²) in [6.07, 6.45) is 3.08. The maximum Gasteiger partial charge on any atom is 0.240 e. The molecular weight excluding hydrogens is 316 g/mol. The molecule has 1 fully saturated rings. The Morgan fingerprint density at radius 1 is 1.24 bits per heavy atom. The smallest absolute Gasteiger partial charge is 0.240 e. The average molecular weight is 340 g/mol. The van der Waals surface area contributed by atoms with E-state index in [1.807, 2.05) is 24.3 Å². The van der Waals surface area contributed by atoms with Crippen molar-refractivity contribution < 1.29 is 8.94 Å². The number of aromatic nitrogens is 3. The van der Waals surface area contributed by atoms with Crippen molar-refractivity contribution in [3.05, 3.63) is 41.9 Å². The Morgan fingerprint density at radius 2 is 2.12 bits per heavy atom. The summed E-state index contributed by atoms with van der Waals surface area (Å²) in [6, 6.07) is 7.94. The zero-order valence-electron chi connectivity index (χ0n) is 14.8. The number of benzene rings is 1. The molecule has 3 aromatic rings. The van der Waals surface area contributed by atoms with E-state index >= 15 is 0 Å². The molecule has 0 unspecified atom stereocenters. The van der Waals surface area contributed by atoms with Gasteiger partial charge in [-0.2, -0.15) is 4.98 Å². The van der Waals surface area contributed by atoms with E-state index in [2.05, 4.69) is 33.9 Å². The van der Waals surface area contributed by atoms with Crippen LogP contribution in [0.5, 0.6) is 0 Å². The minimum absolute atomic E-state index is 0.319. The number of fused-ring (bicyclic) bond motifs is 1. The summed E-state index contributed by atoms with van der Waals surface area (Å²) in [5.41, 5.74) is 1.80. The zero-order chi connectivity index (χ0) is 17.2. The lowest BCUT2D eigenvalue weighted by molar-refractivity contribution is 0.167. The van der Waals surface area contributed by atoms with E-state index in [-0.39, 0.29) is 0 Å². The van der Waals surface area contributed by atoms with E-state index < -0.39 is 0 Å². The minimum Gasteiger partial charge on any atom is -0.440 e. The van der Waals surface area contributed by atoms with Gasteiger partial charge in [-0.3, -0.25) is 4.90 Å². The minimum atomic E-state index is 0.319. The predicted molar refractivity (Wildman–Crippen MR) is 94.1 cm³/mol. The lowest BCUT2D eigenvalue weighted by atomic mass is 9.98. The first-order chi connectivity index (χ1) is 12.2. The van der Waals surface area contributed by atoms with Crippen molar-refractivity contribution in [3.8, 4) is 0 Å². The number of para-hydroxylation sites is 2. The SMILES string of the molecule is CC(C)Cc1noc(CN2CCC[C@H](c3nc4ccccc4o3)C2)n1. The van der Waals surface area contributed by atoms with Crippen LogP contribution in [-0.4, -0.2) is 33.1 Å². The normalized spacial score (nSPS) is 19.1. The number of piperidine rings is 1. The second-order valence-electron chi connectivity index (χ2n) is 7.30. The monoisotopic (exact) mass is 340 g/mol. The molecule has 6 heteroatoms. The van der Waals surface area contributed by atoms with Crippen LogP contribution in [0.2, 0.25) is 0 Å². The molecule has 1 aliphatic heterocycles. The maximum atomic E-state index is 5.96. The Hall–Kier alpha value is -2.21. The van der Waals surface area contributed by atoms with Gasteiger partial charge in [0.25, 0.3) is 0 Å². The Kier molecular flexibility index (Phi) is 4.53. The Morgan fingerprint density at radius 3 is 2.96 bits per heavy atom. The van der Waals surface area contributed by atoms with Crippen LogP contribution in [-0.2, 0) is 13.0 Å². The van der Waals surface area contributed by atoms with Gasteiger partial charge in [0.15, 0.2) is 17.3 Å². The van der Waals surface area contributed by atoms with E-state index in [4.69, 9.17) is 8.94 Å². The molecule has 0 aliphatic carbocycles. The third-order valence-corrected chi connectivity index (χ3v) is 4.63. The van der Waals surface area contributed by atoms with Gasteiger partial charge in [0.1, 0.15) is 5.52 Å². The molecule has 0 spiro atoms. The summed E-state index contributed by atoms with van der Waals surface area (Å²) in [5.74, 6) is 3.20. The van der Waals surface area contributed by atoms with Crippen molar-refractivity contribution in [2.24, 2.45) is 5.92 Å². The Bertz CT molecular complexity index is 806. The lowest BCUT2D eigenvalue weighted by Crippen LogP contribution is -2.34. The fourth-order valence-corrected chi connectivity index (χ4v) is 3.46. The summed E-state index contributed by atoms with van der Waals surface area (Å²) in [4.78, 5) is 11.5. The molecule has 1 aromatic carbocycles. The van der Waals surface area contributed by atoms with Gasteiger partial charge in [0.05, 0.1) is 6.54 Å². The van der Waals surface area contributed by atoms with Crippen molar-refractivity contribution in [3.63, 3.8) is 0 Å². The van der Waals surface area contributed by atoms with E-state index in [1.165, 1.54) is 0 Å². The Balaban J connectivity index is 1.43. The van der Waals surface area contributed by atoms with Gasteiger partial charge in [0, 0.05) is 18.9 Å². The fourth-order valence-electron chi connectivity index (χ4n) is 3.46. The van der Waals surface area contributed by atoms with Gasteiger partial charge in [-0.15, -0.1) is 0 Å². The fraction of sp³-hybridized carbons (Fsp3) is 0.526. The molecule has 0 N–H and O–H groups in total. The molecule has 1 saturated heterocycles. The van der Waals surface area contributed by atoms with Crippen LogP contribution >= 0.6 is 0 Å². The molecule has 25 heavy (non-hydrogen) atoms. The highest BCUT2D eigenvalue weighted by atomic mass is 16.5. The first-order valence-electron chi connectivity index (χ1n) is 9.06. The molecule has 1 aliphatic rings. The first-order valence-corrected chi connectivity index (χ1v) is 9.06. The predicted octanol–water partition coefficient (Wildman–Crippen LogP) is 3.79. The van der Waals surface area contributed by atoms with Crippen LogP contribution < -0.4 is 0 Å². The molecule has 0 saturated carbocycles. The summed E-state index contributed by atoms with van der Waals surface area (Å²) in [6.45, 7) is 6.96. The van der Waals surface area contributed by atoms with Gasteiger partial charge in [-0.25, -0.2) is 4.98 Å². The molecule has 3 heterocycles. The number of nitrogens with zero attached hydrogens (tertiary/aromatic N) is 4. The number of oxazole rings is 1. The van der Waals surface area contributed by atoms with Crippen molar-refractivity contribution in [2.75, 3.05) is 13.1 Å². The first kappa shape index (κ1) is 16.3. The molecule has 132 valence electrons. The van der Waals surface area contributed by atoms with Gasteiger partial charge in [0.2, 0.25) is 5.89 Å². The van der Waals surface area contributed by atoms with Gasteiger partial charge < -0.3 is 8.94 Å². The third-order valence-electron chi connectivity index (χ3n) is 4.63. The number of hydrogen-bond donors (Lipinski definition) is 0. The highest BCUT2D eigenvalue weighted by molar-refractivity contribution is 5.72. The maximum absolute atomic E-state index is 5.96. The van der Waals surface area contributed by atoms with Crippen molar-refractivity contribution >= 4 is 11.1 Å². The molecule has 0 bridgehead atoms. The second-order valence-corrected chi connectivity index (χ2v) is 7.30. The van der Waals surface area contributed by atoms with E-state index in [0.29, 0.717) is 24.3 Å². The molecule has 6 nitrogen and oxygen atoms in total. The van der Waals surface area contributed by atoms with Crippen LogP contribution in [0.15, 0.2) is 33.2 Å². The molecular formula is C19H24N4O2. The molecule has 0 amide bonds.